The highest BCUT2D eigenvalue weighted by Crippen LogP contribution is 2.40. The summed E-state index contributed by atoms with van der Waals surface area (Å²) < 4.78 is 10.7. The van der Waals surface area contributed by atoms with E-state index in [2.05, 4.69) is 4.98 Å². The maximum Gasteiger partial charge on any atom is 0.295 e. The number of fused-ring (bicyclic) bond motifs is 1. The number of carbonyl (C=O) groups excluding carboxylic acids is 2. The molecule has 0 aliphatic carbocycles. The van der Waals surface area contributed by atoms with Crippen LogP contribution in [-0.4, -0.2) is 65.6 Å². The lowest BCUT2D eigenvalue weighted by atomic mass is 9.98. The van der Waals surface area contributed by atoms with Crippen LogP contribution >= 0.6 is 0 Å². The zero-order chi connectivity index (χ0) is 21.3. The van der Waals surface area contributed by atoms with E-state index in [1.54, 1.807) is 42.6 Å². The number of hydrogen-bond acceptors (Lipinski definition) is 7. The average molecular weight is 409 g/mol. The Labute approximate surface area is 174 Å². The van der Waals surface area contributed by atoms with Crippen molar-refractivity contribution in [1.82, 2.24) is 14.8 Å². The second-order valence-electron chi connectivity index (χ2n) is 7.47. The molecule has 1 fully saturated rings. The summed E-state index contributed by atoms with van der Waals surface area (Å²) in [6.07, 6.45) is 2.29. The fourth-order valence-electron chi connectivity index (χ4n) is 3.71. The van der Waals surface area contributed by atoms with Crippen LogP contribution in [0.3, 0.4) is 0 Å². The number of Topliss-reactive ketones (excluding diaryl/α,β-unsaturated/α-hetero) is 1. The predicted octanol–water partition coefficient (Wildman–Crippen LogP) is 2.18. The van der Waals surface area contributed by atoms with Crippen LogP contribution < -0.4 is 9.47 Å². The van der Waals surface area contributed by atoms with Gasteiger partial charge in [0.15, 0.2) is 11.5 Å². The number of hydrogen-bond donors (Lipinski definition) is 1. The minimum atomic E-state index is -0.751. The van der Waals surface area contributed by atoms with Crippen LogP contribution in [0.2, 0.25) is 0 Å². The number of amides is 1. The Hall–Kier alpha value is -3.39. The molecule has 2 aromatic rings. The third kappa shape index (κ3) is 3.61. The molecule has 0 radical (unpaired) electrons. The quantitative estimate of drug-likeness (QED) is 0.444. The molecule has 3 heterocycles. The largest absolute Gasteiger partial charge is 0.507 e. The number of rotatable bonds is 6. The van der Waals surface area contributed by atoms with Crippen molar-refractivity contribution >= 4 is 17.4 Å². The highest BCUT2D eigenvalue weighted by molar-refractivity contribution is 6.46. The molecular weight excluding hydrogens is 386 g/mol. The van der Waals surface area contributed by atoms with E-state index in [4.69, 9.17) is 9.47 Å². The van der Waals surface area contributed by atoms with E-state index in [1.807, 2.05) is 19.0 Å². The van der Waals surface area contributed by atoms with Crippen LogP contribution in [0.4, 0.5) is 0 Å². The number of likely N-dealkylation sites (tertiary alicyclic amines) is 1. The smallest absolute Gasteiger partial charge is 0.295 e. The van der Waals surface area contributed by atoms with Crippen LogP contribution in [0, 0.1) is 0 Å². The second kappa shape index (κ2) is 8.16. The number of carbonyl (C=O) groups is 2. The zero-order valence-corrected chi connectivity index (χ0v) is 16.9. The molecule has 1 N–H and O–H groups in total. The van der Waals surface area contributed by atoms with Gasteiger partial charge in [0.05, 0.1) is 11.3 Å². The van der Waals surface area contributed by atoms with Crippen molar-refractivity contribution in [3.05, 3.63) is 59.4 Å². The van der Waals surface area contributed by atoms with Crippen LogP contribution in [0.1, 0.15) is 23.7 Å². The van der Waals surface area contributed by atoms with E-state index >= 15 is 0 Å². The zero-order valence-electron chi connectivity index (χ0n) is 16.9. The molecule has 1 amide bonds. The van der Waals surface area contributed by atoms with Crippen molar-refractivity contribution in [3.63, 3.8) is 0 Å². The van der Waals surface area contributed by atoms with Gasteiger partial charge in [0.2, 0.25) is 6.79 Å². The number of aliphatic hydroxyl groups is 1. The Morgan fingerprint density at radius 2 is 2.00 bits per heavy atom. The van der Waals surface area contributed by atoms with E-state index in [1.165, 1.54) is 4.90 Å². The molecule has 156 valence electrons. The Morgan fingerprint density at radius 1 is 1.20 bits per heavy atom. The molecule has 4 rings (SSSR count). The second-order valence-corrected chi connectivity index (χ2v) is 7.47. The van der Waals surface area contributed by atoms with E-state index in [-0.39, 0.29) is 18.1 Å². The summed E-state index contributed by atoms with van der Waals surface area (Å²) in [6, 6.07) is 9.47. The van der Waals surface area contributed by atoms with Crippen molar-refractivity contribution in [2.45, 2.75) is 12.5 Å². The lowest BCUT2D eigenvalue weighted by Gasteiger charge is -2.25. The third-order valence-electron chi connectivity index (χ3n) is 5.16. The highest BCUT2D eigenvalue weighted by atomic mass is 16.7. The lowest BCUT2D eigenvalue weighted by Crippen LogP contribution is -2.32. The maximum atomic E-state index is 12.9. The number of aromatic nitrogens is 1. The normalized spacial score (nSPS) is 19.7. The minimum absolute atomic E-state index is 0.0300. The fourth-order valence-corrected chi connectivity index (χ4v) is 3.71. The number of aliphatic hydroxyl groups excluding tert-OH is 1. The molecule has 0 unspecified atom stereocenters. The monoisotopic (exact) mass is 409 g/mol. The van der Waals surface area contributed by atoms with Gasteiger partial charge in [0.1, 0.15) is 11.8 Å². The van der Waals surface area contributed by atoms with E-state index in [9.17, 15) is 14.7 Å². The van der Waals surface area contributed by atoms with E-state index in [0.717, 1.165) is 6.54 Å². The van der Waals surface area contributed by atoms with Gasteiger partial charge in [-0.15, -0.1) is 0 Å². The molecule has 1 atom stereocenters. The Bertz CT molecular complexity index is 1000. The van der Waals surface area contributed by atoms with Gasteiger partial charge < -0.3 is 24.4 Å². The van der Waals surface area contributed by atoms with Gasteiger partial charge in [0.25, 0.3) is 11.7 Å². The molecule has 1 saturated heterocycles. The summed E-state index contributed by atoms with van der Waals surface area (Å²) in [5, 5.41) is 11.1. The fraction of sp³-hybridized carbons (Fsp3) is 0.318. The van der Waals surface area contributed by atoms with Gasteiger partial charge in [-0.05, 0) is 57.4 Å². The van der Waals surface area contributed by atoms with Crippen LogP contribution in [0.25, 0.3) is 5.76 Å². The van der Waals surface area contributed by atoms with Crippen LogP contribution in [0.15, 0.2) is 48.2 Å². The summed E-state index contributed by atoms with van der Waals surface area (Å²) >= 11 is 0. The van der Waals surface area contributed by atoms with Gasteiger partial charge in [-0.2, -0.15) is 0 Å². The average Bonchev–Trinajstić information content (AvgIpc) is 3.31. The Kier molecular flexibility index (Phi) is 5.41. The van der Waals surface area contributed by atoms with Crippen LogP contribution in [0.5, 0.6) is 11.5 Å². The molecule has 8 heteroatoms. The van der Waals surface area contributed by atoms with Gasteiger partial charge in [-0.25, -0.2) is 0 Å². The van der Waals surface area contributed by atoms with Crippen molar-refractivity contribution in [2.75, 3.05) is 34.0 Å². The van der Waals surface area contributed by atoms with Crippen molar-refractivity contribution in [1.29, 1.82) is 0 Å². The van der Waals surface area contributed by atoms with E-state index in [0.29, 0.717) is 35.7 Å². The summed E-state index contributed by atoms with van der Waals surface area (Å²) in [5.41, 5.74) is 0.942. The molecule has 0 bridgehead atoms. The molecule has 2 aliphatic heterocycles. The predicted molar refractivity (Wildman–Crippen MR) is 109 cm³/mol. The van der Waals surface area contributed by atoms with Crippen molar-refractivity contribution in [3.8, 4) is 11.5 Å². The molecule has 2 aliphatic rings. The molecule has 1 aromatic carbocycles. The molecule has 0 spiro atoms. The molecule has 1 aromatic heterocycles. The number of ketones is 1. The standard InChI is InChI=1S/C22H23N3O5/c1-24(2)10-5-11-25-19(15-6-3-4-9-23-15)18(21(27)22(25)28)20(26)14-7-8-16-17(12-14)30-13-29-16/h3-4,6-9,12,19,26H,5,10-11,13H2,1-2H3/t19-/m0/s1. The Morgan fingerprint density at radius 3 is 2.73 bits per heavy atom. The number of ether oxygens (including phenoxy) is 2. The topological polar surface area (TPSA) is 92.2 Å². The maximum absolute atomic E-state index is 12.9. The first kappa shape index (κ1) is 19.9. The Balaban J connectivity index is 1.77. The highest BCUT2D eigenvalue weighted by Gasteiger charge is 2.46. The summed E-state index contributed by atoms with van der Waals surface area (Å²) in [7, 11) is 3.90. The summed E-state index contributed by atoms with van der Waals surface area (Å²) in [6.45, 7) is 1.24. The van der Waals surface area contributed by atoms with Crippen LogP contribution in [-0.2, 0) is 9.59 Å². The molecule has 0 saturated carbocycles. The minimum Gasteiger partial charge on any atom is -0.507 e. The van der Waals surface area contributed by atoms with Gasteiger partial charge in [-0.3, -0.25) is 14.6 Å². The van der Waals surface area contributed by atoms with Gasteiger partial charge >= 0.3 is 0 Å². The molecule has 30 heavy (non-hydrogen) atoms. The van der Waals surface area contributed by atoms with E-state index < -0.39 is 17.7 Å². The molecular formula is C22H23N3O5. The first-order valence-electron chi connectivity index (χ1n) is 9.71. The lowest BCUT2D eigenvalue weighted by molar-refractivity contribution is -0.140. The number of pyridine rings is 1. The van der Waals surface area contributed by atoms with Gasteiger partial charge in [-0.1, -0.05) is 6.07 Å². The number of benzene rings is 1. The van der Waals surface area contributed by atoms with Crippen molar-refractivity contribution in [2.24, 2.45) is 0 Å². The number of nitrogens with zero attached hydrogens (tertiary/aromatic N) is 3. The summed E-state index contributed by atoms with van der Waals surface area (Å²) in [4.78, 5) is 33.7. The third-order valence-corrected chi connectivity index (χ3v) is 5.16. The van der Waals surface area contributed by atoms with Crippen molar-refractivity contribution < 1.29 is 24.2 Å². The van der Waals surface area contributed by atoms with Gasteiger partial charge in [0, 0.05) is 18.3 Å². The first-order chi connectivity index (χ1) is 14.5. The SMILES string of the molecule is CN(C)CCCN1C(=O)C(=O)C(=C(O)c2ccc3c(c2)OCO3)[C@@H]1c1ccccn1. The first-order valence-corrected chi connectivity index (χ1v) is 9.71. The molecule has 8 nitrogen and oxygen atoms in total. The summed E-state index contributed by atoms with van der Waals surface area (Å²) in [5.74, 6) is -0.555.